The molecule has 1 heterocycles. The van der Waals surface area contributed by atoms with Gasteiger partial charge in [0.15, 0.2) is 0 Å². The van der Waals surface area contributed by atoms with Crippen LogP contribution < -0.4 is 14.4 Å². The number of halogens is 1. The van der Waals surface area contributed by atoms with E-state index in [0.29, 0.717) is 39.9 Å². The van der Waals surface area contributed by atoms with Crippen molar-refractivity contribution in [2.45, 2.75) is 13.0 Å². The SMILES string of the molecule is CCOc1ccc(C(O)=C2C(=O)C(=O)N(c3ccc(OC)cc3)C2c2ccc(Cl)cc2)cc1. The van der Waals surface area contributed by atoms with Gasteiger partial charge in [-0.1, -0.05) is 23.7 Å². The lowest BCUT2D eigenvalue weighted by Gasteiger charge is -2.25. The standard InChI is InChI=1S/C26H22ClNO5/c1-3-33-21-12-6-17(7-13-21)24(29)22-23(16-4-8-18(27)9-5-16)28(26(31)25(22)30)19-10-14-20(32-2)15-11-19/h4-15,23,29H,3H2,1-2H3. The normalized spacial score (nSPS) is 17.3. The minimum Gasteiger partial charge on any atom is -0.507 e. The minimum atomic E-state index is -0.831. The maximum atomic E-state index is 13.2. The summed E-state index contributed by atoms with van der Waals surface area (Å²) in [6.07, 6.45) is 0. The van der Waals surface area contributed by atoms with Crippen LogP contribution in [0.3, 0.4) is 0 Å². The number of aliphatic hydroxyl groups is 1. The number of hydrogen-bond donors (Lipinski definition) is 1. The van der Waals surface area contributed by atoms with Crippen molar-refractivity contribution in [1.29, 1.82) is 0 Å². The molecule has 6 nitrogen and oxygen atoms in total. The van der Waals surface area contributed by atoms with E-state index < -0.39 is 17.7 Å². The fourth-order valence-electron chi connectivity index (χ4n) is 3.83. The van der Waals surface area contributed by atoms with Gasteiger partial charge in [0.05, 0.1) is 25.3 Å². The maximum Gasteiger partial charge on any atom is 0.300 e. The monoisotopic (exact) mass is 463 g/mol. The predicted molar refractivity (Wildman–Crippen MR) is 127 cm³/mol. The molecule has 0 saturated carbocycles. The fourth-order valence-corrected chi connectivity index (χ4v) is 3.96. The first-order valence-corrected chi connectivity index (χ1v) is 10.8. The number of benzene rings is 3. The number of ketones is 1. The Labute approximate surface area is 196 Å². The molecule has 1 aliphatic rings. The summed E-state index contributed by atoms with van der Waals surface area (Å²) < 4.78 is 10.7. The maximum absolute atomic E-state index is 13.2. The highest BCUT2D eigenvalue weighted by Crippen LogP contribution is 2.42. The van der Waals surface area contributed by atoms with Gasteiger partial charge in [0.25, 0.3) is 11.7 Å². The van der Waals surface area contributed by atoms with Gasteiger partial charge in [0.1, 0.15) is 17.3 Å². The number of Topliss-reactive ketones (excluding diaryl/α,β-unsaturated/α-hetero) is 1. The number of aliphatic hydroxyl groups excluding tert-OH is 1. The summed E-state index contributed by atoms with van der Waals surface area (Å²) in [5.41, 5.74) is 1.55. The van der Waals surface area contributed by atoms with Crippen LogP contribution in [0.4, 0.5) is 5.69 Å². The molecule has 1 amide bonds. The Morgan fingerprint density at radius 3 is 2.12 bits per heavy atom. The molecule has 3 aromatic carbocycles. The van der Waals surface area contributed by atoms with Crippen LogP contribution in [0.5, 0.6) is 11.5 Å². The van der Waals surface area contributed by atoms with Gasteiger partial charge in [-0.2, -0.15) is 0 Å². The highest BCUT2D eigenvalue weighted by atomic mass is 35.5. The molecule has 4 rings (SSSR count). The van der Waals surface area contributed by atoms with Crippen LogP contribution in [0, 0.1) is 0 Å². The summed E-state index contributed by atoms with van der Waals surface area (Å²) in [4.78, 5) is 27.7. The Kier molecular flexibility index (Phi) is 6.38. The Balaban J connectivity index is 1.86. The van der Waals surface area contributed by atoms with Gasteiger partial charge in [0.2, 0.25) is 0 Å². The fraction of sp³-hybridized carbons (Fsp3) is 0.154. The molecule has 0 bridgehead atoms. The van der Waals surface area contributed by atoms with E-state index in [2.05, 4.69) is 0 Å². The summed E-state index contributed by atoms with van der Waals surface area (Å²) in [7, 11) is 1.55. The molecule has 7 heteroatoms. The minimum absolute atomic E-state index is 0.00213. The van der Waals surface area contributed by atoms with E-state index in [-0.39, 0.29) is 11.3 Å². The summed E-state index contributed by atoms with van der Waals surface area (Å²) in [5.74, 6) is -0.494. The Hall–Kier alpha value is -3.77. The molecule has 1 fully saturated rings. The number of hydrogen-bond acceptors (Lipinski definition) is 5. The number of carbonyl (C=O) groups is 2. The van der Waals surface area contributed by atoms with E-state index in [0.717, 1.165) is 0 Å². The first-order chi connectivity index (χ1) is 15.9. The van der Waals surface area contributed by atoms with Gasteiger partial charge in [-0.15, -0.1) is 0 Å². The van der Waals surface area contributed by atoms with Gasteiger partial charge in [-0.25, -0.2) is 0 Å². The molecule has 1 aliphatic heterocycles. The lowest BCUT2D eigenvalue weighted by atomic mass is 9.95. The van der Waals surface area contributed by atoms with Crippen LogP contribution in [0.15, 0.2) is 78.4 Å². The Morgan fingerprint density at radius 2 is 1.55 bits per heavy atom. The molecular formula is C26H22ClNO5. The van der Waals surface area contributed by atoms with Crippen LogP contribution >= 0.6 is 11.6 Å². The average Bonchev–Trinajstić information content (AvgIpc) is 3.10. The third-order valence-electron chi connectivity index (χ3n) is 5.42. The molecule has 1 atom stereocenters. The molecule has 3 aromatic rings. The van der Waals surface area contributed by atoms with Crippen molar-refractivity contribution in [1.82, 2.24) is 0 Å². The number of carbonyl (C=O) groups excluding carboxylic acids is 2. The van der Waals surface area contributed by atoms with E-state index in [1.165, 1.54) is 4.90 Å². The molecule has 0 radical (unpaired) electrons. The zero-order valence-corrected chi connectivity index (χ0v) is 18.9. The van der Waals surface area contributed by atoms with Crippen molar-refractivity contribution in [2.24, 2.45) is 0 Å². The number of nitrogens with zero attached hydrogens (tertiary/aromatic N) is 1. The highest BCUT2D eigenvalue weighted by Gasteiger charge is 2.46. The molecular weight excluding hydrogens is 442 g/mol. The molecule has 33 heavy (non-hydrogen) atoms. The summed E-state index contributed by atoms with van der Waals surface area (Å²) in [5, 5.41) is 11.7. The molecule has 0 aliphatic carbocycles. The number of ether oxygens (including phenoxy) is 2. The summed E-state index contributed by atoms with van der Waals surface area (Å²) >= 11 is 6.06. The zero-order valence-electron chi connectivity index (χ0n) is 18.1. The Bertz CT molecular complexity index is 1200. The largest absolute Gasteiger partial charge is 0.507 e. The highest BCUT2D eigenvalue weighted by molar-refractivity contribution is 6.51. The quantitative estimate of drug-likeness (QED) is 0.302. The topological polar surface area (TPSA) is 76.1 Å². The van der Waals surface area contributed by atoms with Crippen LogP contribution in [0.2, 0.25) is 5.02 Å². The first kappa shape index (κ1) is 22.4. The second-order valence-electron chi connectivity index (χ2n) is 7.38. The Morgan fingerprint density at radius 1 is 0.939 bits per heavy atom. The van der Waals surface area contributed by atoms with Gasteiger partial charge >= 0.3 is 0 Å². The lowest BCUT2D eigenvalue weighted by Crippen LogP contribution is -2.29. The number of amides is 1. The first-order valence-electron chi connectivity index (χ1n) is 10.4. The second kappa shape index (κ2) is 9.38. The summed E-state index contributed by atoms with van der Waals surface area (Å²) in [6, 6.07) is 19.5. The second-order valence-corrected chi connectivity index (χ2v) is 7.81. The van der Waals surface area contributed by atoms with E-state index in [1.807, 2.05) is 6.92 Å². The van der Waals surface area contributed by atoms with Crippen LogP contribution in [0.25, 0.3) is 5.76 Å². The number of anilines is 1. The van der Waals surface area contributed by atoms with Gasteiger partial charge in [-0.05, 0) is 73.2 Å². The van der Waals surface area contributed by atoms with Gasteiger partial charge in [-0.3, -0.25) is 14.5 Å². The van der Waals surface area contributed by atoms with Crippen molar-refractivity contribution in [2.75, 3.05) is 18.6 Å². The molecule has 0 spiro atoms. The molecule has 168 valence electrons. The van der Waals surface area contributed by atoms with E-state index >= 15 is 0 Å². The summed E-state index contributed by atoms with van der Waals surface area (Å²) in [6.45, 7) is 2.38. The molecule has 1 N–H and O–H groups in total. The molecule has 1 saturated heterocycles. The van der Waals surface area contributed by atoms with E-state index in [9.17, 15) is 14.7 Å². The van der Waals surface area contributed by atoms with E-state index in [1.54, 1.807) is 79.9 Å². The van der Waals surface area contributed by atoms with Crippen LogP contribution in [0.1, 0.15) is 24.1 Å². The number of rotatable bonds is 6. The van der Waals surface area contributed by atoms with Crippen molar-refractivity contribution < 1.29 is 24.2 Å². The van der Waals surface area contributed by atoms with Crippen molar-refractivity contribution in [3.8, 4) is 11.5 Å². The van der Waals surface area contributed by atoms with Crippen molar-refractivity contribution in [3.05, 3.63) is 94.5 Å². The lowest BCUT2D eigenvalue weighted by molar-refractivity contribution is -0.132. The van der Waals surface area contributed by atoms with E-state index in [4.69, 9.17) is 21.1 Å². The van der Waals surface area contributed by atoms with Crippen molar-refractivity contribution in [3.63, 3.8) is 0 Å². The van der Waals surface area contributed by atoms with Crippen LogP contribution in [-0.2, 0) is 9.59 Å². The molecule has 0 aromatic heterocycles. The average molecular weight is 464 g/mol. The number of methoxy groups -OCH3 is 1. The third kappa shape index (κ3) is 4.30. The zero-order chi connectivity index (χ0) is 23.5. The van der Waals surface area contributed by atoms with Gasteiger partial charge in [0, 0.05) is 16.3 Å². The smallest absolute Gasteiger partial charge is 0.300 e. The van der Waals surface area contributed by atoms with Crippen molar-refractivity contribution >= 4 is 34.7 Å². The predicted octanol–water partition coefficient (Wildman–Crippen LogP) is 5.37. The third-order valence-corrected chi connectivity index (χ3v) is 5.67. The molecule has 1 unspecified atom stereocenters. The van der Waals surface area contributed by atoms with Crippen LogP contribution in [-0.4, -0.2) is 30.5 Å². The van der Waals surface area contributed by atoms with Gasteiger partial charge < -0.3 is 14.6 Å².